The number of rotatable bonds is 2. The minimum absolute atomic E-state index is 0.0100. The number of nitrogens with zero attached hydrogens (tertiary/aromatic N) is 1. The minimum atomic E-state index is -0.724. The number of piperazine rings is 1. The third-order valence-electron chi connectivity index (χ3n) is 3.92. The highest BCUT2D eigenvalue weighted by molar-refractivity contribution is 14.1. The van der Waals surface area contributed by atoms with Gasteiger partial charge in [-0.1, -0.05) is 0 Å². The van der Waals surface area contributed by atoms with Crippen LogP contribution in [0, 0.1) is 9.49 Å². The lowest BCUT2D eigenvalue weighted by molar-refractivity contribution is -0.136. The molecular formula is C14H15IN2O2. The van der Waals surface area contributed by atoms with Crippen LogP contribution >= 0.6 is 22.6 Å². The normalized spacial score (nSPS) is 27.4. The highest BCUT2D eigenvalue weighted by atomic mass is 127. The van der Waals surface area contributed by atoms with Gasteiger partial charge in [-0.2, -0.15) is 0 Å². The highest BCUT2D eigenvalue weighted by Gasteiger charge is 2.52. The Hall–Kier alpha value is -1.11. The van der Waals surface area contributed by atoms with Crippen molar-refractivity contribution >= 4 is 40.1 Å². The summed E-state index contributed by atoms with van der Waals surface area (Å²) in [4.78, 5) is 26.2. The Balaban J connectivity index is 1.94. The first-order valence-electron chi connectivity index (χ1n) is 6.39. The van der Waals surface area contributed by atoms with Crippen LogP contribution in [0.15, 0.2) is 24.3 Å². The summed E-state index contributed by atoms with van der Waals surface area (Å²) in [6, 6.07) is 7.69. The fourth-order valence-electron chi connectivity index (χ4n) is 2.65. The van der Waals surface area contributed by atoms with Crippen LogP contribution in [0.25, 0.3) is 0 Å². The molecule has 100 valence electrons. The zero-order valence-corrected chi connectivity index (χ0v) is 12.8. The number of hydrogen-bond donors (Lipinski definition) is 1. The molecule has 5 heteroatoms. The van der Waals surface area contributed by atoms with Gasteiger partial charge in [-0.05, 0) is 72.5 Å². The second-order valence-corrected chi connectivity index (χ2v) is 6.64. The van der Waals surface area contributed by atoms with Crippen molar-refractivity contribution in [3.63, 3.8) is 0 Å². The van der Waals surface area contributed by atoms with Crippen molar-refractivity contribution in [3.05, 3.63) is 27.8 Å². The summed E-state index contributed by atoms with van der Waals surface area (Å²) in [6.45, 7) is 1.96. The lowest BCUT2D eigenvalue weighted by Crippen LogP contribution is -2.66. The molecule has 1 aromatic carbocycles. The second-order valence-electron chi connectivity index (χ2n) is 5.39. The van der Waals surface area contributed by atoms with Crippen molar-refractivity contribution < 1.29 is 9.59 Å². The minimum Gasteiger partial charge on any atom is -0.340 e. The predicted molar refractivity (Wildman–Crippen MR) is 80.8 cm³/mol. The van der Waals surface area contributed by atoms with E-state index in [1.165, 1.54) is 0 Å². The number of carbonyl (C=O) groups excluding carboxylic acids is 2. The van der Waals surface area contributed by atoms with Crippen LogP contribution in [0.3, 0.4) is 0 Å². The quantitative estimate of drug-likeness (QED) is 0.809. The molecule has 0 radical (unpaired) electrons. The summed E-state index contributed by atoms with van der Waals surface area (Å²) in [5, 5.41) is 2.88. The first-order valence-corrected chi connectivity index (χ1v) is 7.47. The third-order valence-corrected chi connectivity index (χ3v) is 4.64. The molecule has 1 atom stereocenters. The SMILES string of the molecule is CC1(C2CC2)NC(=O)CN(c2ccc(I)cc2)C1=O. The van der Waals surface area contributed by atoms with Crippen LogP contribution in [0.1, 0.15) is 19.8 Å². The van der Waals surface area contributed by atoms with Gasteiger partial charge in [-0.3, -0.25) is 9.59 Å². The maximum atomic E-state index is 12.7. The van der Waals surface area contributed by atoms with Gasteiger partial charge in [-0.15, -0.1) is 0 Å². The Labute approximate surface area is 125 Å². The predicted octanol–water partition coefficient (Wildman–Crippen LogP) is 1.92. The molecule has 1 aliphatic heterocycles. The summed E-state index contributed by atoms with van der Waals surface area (Å²) >= 11 is 2.22. The lowest BCUT2D eigenvalue weighted by Gasteiger charge is -2.40. The standard InChI is InChI=1S/C14H15IN2O2/c1-14(9-2-3-9)13(19)17(8-12(18)16-14)11-6-4-10(15)5-7-11/h4-7,9H,2-3,8H2,1H3,(H,16,18). The average molecular weight is 370 g/mol. The molecule has 1 N–H and O–H groups in total. The summed E-state index contributed by atoms with van der Waals surface area (Å²) in [5.74, 6) is 0.221. The molecule has 0 spiro atoms. The molecule has 1 saturated carbocycles. The molecule has 19 heavy (non-hydrogen) atoms. The molecule has 1 saturated heterocycles. The van der Waals surface area contributed by atoms with E-state index in [2.05, 4.69) is 27.9 Å². The Morgan fingerprint density at radius 2 is 1.89 bits per heavy atom. The first-order chi connectivity index (χ1) is 9.00. The van der Waals surface area contributed by atoms with E-state index in [1.54, 1.807) is 4.90 Å². The van der Waals surface area contributed by atoms with E-state index in [4.69, 9.17) is 0 Å². The molecule has 3 rings (SSSR count). The monoisotopic (exact) mass is 370 g/mol. The van der Waals surface area contributed by atoms with Crippen molar-refractivity contribution in [1.29, 1.82) is 0 Å². The largest absolute Gasteiger partial charge is 0.340 e. The van der Waals surface area contributed by atoms with Gasteiger partial charge in [-0.25, -0.2) is 0 Å². The van der Waals surface area contributed by atoms with Crippen molar-refractivity contribution in [3.8, 4) is 0 Å². The Bertz CT molecular complexity index is 539. The molecule has 1 heterocycles. The van der Waals surface area contributed by atoms with Gasteiger partial charge >= 0.3 is 0 Å². The molecule has 1 aromatic rings. The highest BCUT2D eigenvalue weighted by Crippen LogP contribution is 2.42. The Kier molecular flexibility index (Phi) is 3.03. The zero-order chi connectivity index (χ0) is 13.6. The summed E-state index contributed by atoms with van der Waals surface area (Å²) in [6.07, 6.45) is 2.03. The Morgan fingerprint density at radius 1 is 1.26 bits per heavy atom. The smallest absolute Gasteiger partial charge is 0.253 e. The molecular weight excluding hydrogens is 355 g/mol. The van der Waals surface area contributed by atoms with E-state index in [-0.39, 0.29) is 24.3 Å². The van der Waals surface area contributed by atoms with E-state index in [0.29, 0.717) is 0 Å². The van der Waals surface area contributed by atoms with E-state index in [9.17, 15) is 9.59 Å². The maximum Gasteiger partial charge on any atom is 0.253 e. The van der Waals surface area contributed by atoms with Gasteiger partial charge < -0.3 is 10.2 Å². The second kappa shape index (κ2) is 4.47. The van der Waals surface area contributed by atoms with Gasteiger partial charge in [0.05, 0.1) is 0 Å². The molecule has 2 fully saturated rings. The van der Waals surface area contributed by atoms with Crippen molar-refractivity contribution in [2.75, 3.05) is 11.4 Å². The number of carbonyl (C=O) groups is 2. The van der Waals surface area contributed by atoms with Crippen LogP contribution in [0.5, 0.6) is 0 Å². The molecule has 1 aliphatic carbocycles. The van der Waals surface area contributed by atoms with Crippen molar-refractivity contribution in [2.24, 2.45) is 5.92 Å². The molecule has 2 amide bonds. The van der Waals surface area contributed by atoms with E-state index < -0.39 is 5.54 Å². The molecule has 2 aliphatic rings. The number of amides is 2. The fourth-order valence-corrected chi connectivity index (χ4v) is 3.00. The average Bonchev–Trinajstić information content (AvgIpc) is 3.19. The molecule has 0 aromatic heterocycles. The van der Waals surface area contributed by atoms with Crippen LogP contribution < -0.4 is 10.2 Å². The van der Waals surface area contributed by atoms with Crippen LogP contribution in [-0.2, 0) is 9.59 Å². The number of benzene rings is 1. The summed E-state index contributed by atoms with van der Waals surface area (Å²) in [7, 11) is 0. The first kappa shape index (κ1) is 12.9. The van der Waals surface area contributed by atoms with Crippen LogP contribution in [0.4, 0.5) is 5.69 Å². The molecule has 4 nitrogen and oxygen atoms in total. The molecule has 1 unspecified atom stereocenters. The maximum absolute atomic E-state index is 12.7. The van der Waals surface area contributed by atoms with Gasteiger partial charge in [0.1, 0.15) is 12.1 Å². The van der Waals surface area contributed by atoms with Gasteiger partial charge in [0.15, 0.2) is 0 Å². The fraction of sp³-hybridized carbons (Fsp3) is 0.429. The summed E-state index contributed by atoms with van der Waals surface area (Å²) < 4.78 is 1.11. The van der Waals surface area contributed by atoms with Crippen molar-refractivity contribution in [1.82, 2.24) is 5.32 Å². The van der Waals surface area contributed by atoms with E-state index in [0.717, 1.165) is 22.1 Å². The van der Waals surface area contributed by atoms with Crippen molar-refractivity contribution in [2.45, 2.75) is 25.3 Å². The van der Waals surface area contributed by atoms with Gasteiger partial charge in [0.2, 0.25) is 5.91 Å². The number of halogens is 1. The topological polar surface area (TPSA) is 49.4 Å². The number of nitrogens with one attached hydrogen (secondary N) is 1. The Morgan fingerprint density at radius 3 is 2.47 bits per heavy atom. The van der Waals surface area contributed by atoms with Crippen LogP contribution in [0.2, 0.25) is 0 Å². The van der Waals surface area contributed by atoms with Crippen LogP contribution in [-0.4, -0.2) is 23.9 Å². The number of hydrogen-bond acceptors (Lipinski definition) is 2. The van der Waals surface area contributed by atoms with E-state index in [1.807, 2.05) is 31.2 Å². The molecule has 0 bridgehead atoms. The number of anilines is 1. The lowest BCUT2D eigenvalue weighted by atomic mass is 9.91. The summed E-state index contributed by atoms with van der Waals surface area (Å²) in [5.41, 5.74) is 0.0744. The van der Waals surface area contributed by atoms with E-state index >= 15 is 0 Å². The van der Waals surface area contributed by atoms with Gasteiger partial charge in [0, 0.05) is 9.26 Å². The van der Waals surface area contributed by atoms with Gasteiger partial charge in [0.25, 0.3) is 5.91 Å². The zero-order valence-electron chi connectivity index (χ0n) is 10.6. The third kappa shape index (κ3) is 2.24.